The molecule has 2 aliphatic rings. The fraction of sp³-hybridized carbons (Fsp3) is 0.929. The Balaban J connectivity index is 1.91. The van der Waals surface area contributed by atoms with E-state index in [2.05, 4.69) is 5.32 Å². The van der Waals surface area contributed by atoms with E-state index in [0.29, 0.717) is 6.04 Å². The van der Waals surface area contributed by atoms with Crippen LogP contribution in [0, 0.1) is 5.41 Å². The lowest BCUT2D eigenvalue weighted by Gasteiger charge is -2.30. The number of nitrogens with one attached hydrogen (secondary N) is 1. The quantitative estimate of drug-likeness (QED) is 0.726. The summed E-state index contributed by atoms with van der Waals surface area (Å²) in [5.41, 5.74) is 5.78. The van der Waals surface area contributed by atoms with Crippen molar-refractivity contribution in [3.8, 4) is 0 Å². The van der Waals surface area contributed by atoms with Gasteiger partial charge < -0.3 is 11.1 Å². The third kappa shape index (κ3) is 2.82. The maximum Gasteiger partial charge on any atom is 0.227 e. The Morgan fingerprint density at radius 2 is 1.76 bits per heavy atom. The molecule has 98 valence electrons. The molecule has 3 N–H and O–H groups in total. The second-order valence-electron chi connectivity index (χ2n) is 6.08. The molecular weight excluding hydrogens is 212 g/mol. The average Bonchev–Trinajstić information content (AvgIpc) is 2.55. The predicted octanol–water partition coefficient (Wildman–Crippen LogP) is 2.34. The van der Waals surface area contributed by atoms with Crippen molar-refractivity contribution in [2.24, 2.45) is 11.1 Å². The lowest BCUT2D eigenvalue weighted by molar-refractivity contribution is -0.131. The van der Waals surface area contributed by atoms with Crippen LogP contribution < -0.4 is 11.1 Å². The molecule has 0 aromatic carbocycles. The van der Waals surface area contributed by atoms with E-state index in [-0.39, 0.29) is 17.4 Å². The zero-order valence-electron chi connectivity index (χ0n) is 11.0. The first-order valence-electron chi connectivity index (χ1n) is 7.19. The molecule has 2 unspecified atom stereocenters. The average molecular weight is 238 g/mol. The summed E-state index contributed by atoms with van der Waals surface area (Å²) in [7, 11) is 0. The number of carbonyl (C=O) groups is 1. The van der Waals surface area contributed by atoms with Crippen molar-refractivity contribution >= 4 is 5.91 Å². The molecule has 2 aliphatic carbocycles. The van der Waals surface area contributed by atoms with Gasteiger partial charge in [0, 0.05) is 12.1 Å². The van der Waals surface area contributed by atoms with Gasteiger partial charge in [0.25, 0.3) is 0 Å². The van der Waals surface area contributed by atoms with Gasteiger partial charge in [-0.25, -0.2) is 0 Å². The van der Waals surface area contributed by atoms with Gasteiger partial charge >= 0.3 is 0 Å². The van der Waals surface area contributed by atoms with Crippen LogP contribution in [-0.2, 0) is 4.79 Å². The summed E-state index contributed by atoms with van der Waals surface area (Å²) in [6.45, 7) is 2.04. The Labute approximate surface area is 105 Å². The molecule has 1 amide bonds. The van der Waals surface area contributed by atoms with E-state index in [9.17, 15) is 4.79 Å². The Kier molecular flexibility index (Phi) is 4.08. The van der Waals surface area contributed by atoms with E-state index in [0.717, 1.165) is 32.1 Å². The zero-order chi connectivity index (χ0) is 12.3. The molecule has 0 heterocycles. The Bertz CT molecular complexity index is 271. The van der Waals surface area contributed by atoms with E-state index >= 15 is 0 Å². The van der Waals surface area contributed by atoms with Gasteiger partial charge in [0.15, 0.2) is 0 Å². The lowest BCUT2D eigenvalue weighted by atomic mass is 9.83. The number of carbonyl (C=O) groups excluding carboxylic acids is 1. The highest BCUT2D eigenvalue weighted by Gasteiger charge is 2.43. The van der Waals surface area contributed by atoms with Crippen LogP contribution in [0.15, 0.2) is 0 Å². The van der Waals surface area contributed by atoms with Gasteiger partial charge in [0.1, 0.15) is 0 Å². The minimum atomic E-state index is -0.313. The topological polar surface area (TPSA) is 55.1 Å². The van der Waals surface area contributed by atoms with Crippen LogP contribution in [0.5, 0.6) is 0 Å². The molecule has 17 heavy (non-hydrogen) atoms. The highest BCUT2D eigenvalue weighted by molar-refractivity contribution is 5.83. The van der Waals surface area contributed by atoms with E-state index in [1.807, 2.05) is 6.92 Å². The van der Waals surface area contributed by atoms with Crippen molar-refractivity contribution in [3.05, 3.63) is 0 Å². The van der Waals surface area contributed by atoms with Gasteiger partial charge in [0.2, 0.25) is 5.91 Å². The van der Waals surface area contributed by atoms with Gasteiger partial charge in [-0.3, -0.25) is 4.79 Å². The molecule has 0 aromatic rings. The number of nitrogens with two attached hydrogens (primary N) is 1. The maximum atomic E-state index is 12.4. The van der Waals surface area contributed by atoms with Gasteiger partial charge in [0.05, 0.1) is 5.41 Å². The van der Waals surface area contributed by atoms with Gasteiger partial charge in [-0.1, -0.05) is 32.1 Å². The molecule has 0 aliphatic heterocycles. The number of amides is 1. The minimum absolute atomic E-state index is 0.0493. The van der Waals surface area contributed by atoms with Crippen molar-refractivity contribution < 1.29 is 4.79 Å². The molecule has 0 spiro atoms. The highest BCUT2D eigenvalue weighted by Crippen LogP contribution is 2.37. The largest absolute Gasteiger partial charge is 0.353 e. The van der Waals surface area contributed by atoms with Crippen molar-refractivity contribution in [2.75, 3.05) is 0 Å². The predicted molar refractivity (Wildman–Crippen MR) is 69.6 cm³/mol. The number of rotatable bonds is 2. The summed E-state index contributed by atoms with van der Waals surface area (Å²) in [4.78, 5) is 12.4. The van der Waals surface area contributed by atoms with Crippen molar-refractivity contribution in [2.45, 2.75) is 76.8 Å². The van der Waals surface area contributed by atoms with E-state index in [1.165, 1.54) is 25.7 Å². The molecule has 2 rings (SSSR count). The first kappa shape index (κ1) is 12.9. The van der Waals surface area contributed by atoms with Crippen LogP contribution >= 0.6 is 0 Å². The molecule has 0 bridgehead atoms. The smallest absolute Gasteiger partial charge is 0.227 e. The van der Waals surface area contributed by atoms with Crippen LogP contribution in [0.2, 0.25) is 0 Å². The Morgan fingerprint density at radius 1 is 1.12 bits per heavy atom. The van der Waals surface area contributed by atoms with Crippen LogP contribution in [-0.4, -0.2) is 18.0 Å². The first-order chi connectivity index (χ1) is 8.13. The van der Waals surface area contributed by atoms with Gasteiger partial charge in [-0.15, -0.1) is 0 Å². The summed E-state index contributed by atoms with van der Waals surface area (Å²) in [5, 5.41) is 3.25. The molecule has 3 heteroatoms. The summed E-state index contributed by atoms with van der Waals surface area (Å²) in [6, 6.07) is 0.447. The summed E-state index contributed by atoms with van der Waals surface area (Å²) >= 11 is 0. The highest BCUT2D eigenvalue weighted by atomic mass is 16.2. The Morgan fingerprint density at radius 3 is 2.29 bits per heavy atom. The number of hydrogen-bond acceptors (Lipinski definition) is 2. The van der Waals surface area contributed by atoms with E-state index in [4.69, 9.17) is 5.73 Å². The SMILES string of the molecule is CC1(C(=O)NC2CCCCCC2)CCCC1N. The molecule has 0 saturated heterocycles. The molecule has 3 nitrogen and oxygen atoms in total. The van der Waals surface area contributed by atoms with Crippen molar-refractivity contribution in [1.29, 1.82) is 0 Å². The maximum absolute atomic E-state index is 12.4. The monoisotopic (exact) mass is 238 g/mol. The summed E-state index contributed by atoms with van der Waals surface area (Å²) < 4.78 is 0. The molecule has 2 saturated carbocycles. The van der Waals surface area contributed by atoms with Gasteiger partial charge in [-0.05, 0) is 32.6 Å². The van der Waals surface area contributed by atoms with Crippen LogP contribution in [0.4, 0.5) is 0 Å². The standard InChI is InChI=1S/C14H26N2O/c1-14(10-6-9-12(14)15)13(17)16-11-7-4-2-3-5-8-11/h11-12H,2-10,15H2,1H3,(H,16,17). The van der Waals surface area contributed by atoms with Crippen LogP contribution in [0.1, 0.15) is 64.7 Å². The second kappa shape index (κ2) is 5.38. The van der Waals surface area contributed by atoms with E-state index < -0.39 is 0 Å². The van der Waals surface area contributed by atoms with Crippen molar-refractivity contribution in [3.63, 3.8) is 0 Å². The lowest BCUT2D eigenvalue weighted by Crippen LogP contribution is -2.50. The van der Waals surface area contributed by atoms with Crippen LogP contribution in [0.3, 0.4) is 0 Å². The molecule has 0 aromatic heterocycles. The summed E-state index contributed by atoms with van der Waals surface area (Å²) in [6.07, 6.45) is 10.5. The zero-order valence-corrected chi connectivity index (χ0v) is 11.0. The van der Waals surface area contributed by atoms with Crippen LogP contribution in [0.25, 0.3) is 0 Å². The van der Waals surface area contributed by atoms with Gasteiger partial charge in [-0.2, -0.15) is 0 Å². The second-order valence-corrected chi connectivity index (χ2v) is 6.08. The number of hydrogen-bond donors (Lipinski definition) is 2. The molecule has 2 fully saturated rings. The molecule has 2 atom stereocenters. The Hall–Kier alpha value is -0.570. The third-order valence-corrected chi connectivity index (χ3v) is 4.74. The van der Waals surface area contributed by atoms with Crippen molar-refractivity contribution in [1.82, 2.24) is 5.32 Å². The fourth-order valence-electron chi connectivity index (χ4n) is 3.25. The molecular formula is C14H26N2O. The normalized spacial score (nSPS) is 35.5. The minimum Gasteiger partial charge on any atom is -0.353 e. The summed E-state index contributed by atoms with van der Waals surface area (Å²) in [5.74, 6) is 0.203. The first-order valence-corrected chi connectivity index (χ1v) is 7.19. The fourth-order valence-corrected chi connectivity index (χ4v) is 3.25. The third-order valence-electron chi connectivity index (χ3n) is 4.74. The molecule has 0 radical (unpaired) electrons. The van der Waals surface area contributed by atoms with E-state index in [1.54, 1.807) is 0 Å².